The molecule has 0 saturated heterocycles. The van der Waals surface area contributed by atoms with Crippen LogP contribution in [0.25, 0.3) is 111 Å². The Balaban J connectivity index is 1.17. The molecule has 0 fully saturated rings. The summed E-state index contributed by atoms with van der Waals surface area (Å²) in [6.45, 7) is 0. The molecular formula is C48H28N6O. The lowest BCUT2D eigenvalue weighted by Gasteiger charge is -2.13. The van der Waals surface area contributed by atoms with Crippen molar-refractivity contribution in [2.75, 3.05) is 0 Å². The molecule has 12 rings (SSSR count). The predicted molar refractivity (Wildman–Crippen MR) is 222 cm³/mol. The summed E-state index contributed by atoms with van der Waals surface area (Å²) in [5, 5.41) is 8.78. The number of pyridine rings is 1. The minimum Gasteiger partial charge on any atom is -0.456 e. The summed E-state index contributed by atoms with van der Waals surface area (Å²) in [6.07, 6.45) is 3.60. The average molecular weight is 705 g/mol. The van der Waals surface area contributed by atoms with Crippen LogP contribution in [0.1, 0.15) is 0 Å². The number of hydrogen-bond acceptors (Lipinski definition) is 5. The van der Waals surface area contributed by atoms with E-state index < -0.39 is 0 Å². The van der Waals surface area contributed by atoms with Crippen molar-refractivity contribution in [2.24, 2.45) is 0 Å². The molecule has 55 heavy (non-hydrogen) atoms. The molecule has 7 heteroatoms. The van der Waals surface area contributed by atoms with E-state index in [0.29, 0.717) is 17.6 Å². The number of furan rings is 1. The van der Waals surface area contributed by atoms with Gasteiger partial charge in [0.05, 0.1) is 22.1 Å². The fourth-order valence-electron chi connectivity index (χ4n) is 8.41. The van der Waals surface area contributed by atoms with Crippen LogP contribution in [0.2, 0.25) is 0 Å². The standard InChI is InChI=1S/C48H28N6O/c1-2-11-30-26-31(21-20-29(30)10-1)46-50-47(37-15-9-19-44-45(37)38-28-49-25-24-43(38)55-44)52-48(51-46)54-41-18-8-5-14-35(41)36-23-22-32(27-42(36)54)53-39-16-6-3-12-33(39)34-13-4-7-17-40(34)53/h1-28H. The van der Waals surface area contributed by atoms with Crippen LogP contribution in [0.5, 0.6) is 0 Å². The Hall–Kier alpha value is -7.64. The molecule has 0 amide bonds. The summed E-state index contributed by atoms with van der Waals surface area (Å²) in [5.74, 6) is 1.66. The topological polar surface area (TPSA) is 74.6 Å². The number of rotatable bonds is 4. The van der Waals surface area contributed by atoms with Crippen LogP contribution in [0.4, 0.5) is 0 Å². The van der Waals surface area contributed by atoms with Crippen LogP contribution in [0.3, 0.4) is 0 Å². The Morgan fingerprint density at radius 3 is 1.89 bits per heavy atom. The SMILES string of the molecule is c1ccc2cc(-c3nc(-c4cccc5oc6ccncc6c45)nc(-n4c5ccccc5c5ccc(-n6c7ccccc7c7ccccc76)cc54)n3)ccc2c1. The van der Waals surface area contributed by atoms with E-state index in [4.69, 9.17) is 19.4 Å². The van der Waals surface area contributed by atoms with Gasteiger partial charge in [0.2, 0.25) is 5.95 Å². The Bertz CT molecular complexity index is 3460. The van der Waals surface area contributed by atoms with Crippen molar-refractivity contribution in [3.05, 3.63) is 170 Å². The van der Waals surface area contributed by atoms with Gasteiger partial charge in [-0.1, -0.05) is 109 Å². The fraction of sp³-hybridized carbons (Fsp3) is 0. The molecule has 5 heterocycles. The molecular weight excluding hydrogens is 677 g/mol. The van der Waals surface area contributed by atoms with Crippen LogP contribution in [0.15, 0.2) is 175 Å². The maximum Gasteiger partial charge on any atom is 0.238 e. The summed E-state index contributed by atoms with van der Waals surface area (Å²) in [5.41, 5.74) is 8.64. The van der Waals surface area contributed by atoms with Crippen LogP contribution >= 0.6 is 0 Å². The van der Waals surface area contributed by atoms with Crippen LogP contribution in [0, 0.1) is 0 Å². The third-order valence-corrected chi connectivity index (χ3v) is 10.9. The second kappa shape index (κ2) is 11.4. The zero-order chi connectivity index (χ0) is 36.0. The number of aromatic nitrogens is 6. The number of benzene rings is 7. The molecule has 5 aromatic heterocycles. The van der Waals surface area contributed by atoms with Gasteiger partial charge in [0.15, 0.2) is 11.6 Å². The first-order chi connectivity index (χ1) is 27.3. The molecule has 0 atom stereocenters. The summed E-state index contributed by atoms with van der Waals surface area (Å²) in [7, 11) is 0. The summed E-state index contributed by atoms with van der Waals surface area (Å²) >= 11 is 0. The molecule has 7 aromatic carbocycles. The molecule has 256 valence electrons. The van der Waals surface area contributed by atoms with E-state index in [9.17, 15) is 0 Å². The minimum atomic E-state index is 0.529. The average Bonchev–Trinajstić information content (AvgIpc) is 3.91. The highest BCUT2D eigenvalue weighted by Gasteiger charge is 2.22. The van der Waals surface area contributed by atoms with Crippen molar-refractivity contribution in [3.8, 4) is 34.4 Å². The van der Waals surface area contributed by atoms with Crippen molar-refractivity contribution < 1.29 is 4.42 Å². The first-order valence-electron chi connectivity index (χ1n) is 18.3. The van der Waals surface area contributed by atoms with Gasteiger partial charge in [0.25, 0.3) is 0 Å². The highest BCUT2D eigenvalue weighted by molar-refractivity contribution is 6.13. The zero-order valence-electron chi connectivity index (χ0n) is 29.3. The maximum atomic E-state index is 6.29. The highest BCUT2D eigenvalue weighted by atomic mass is 16.3. The zero-order valence-corrected chi connectivity index (χ0v) is 29.3. The minimum absolute atomic E-state index is 0.529. The van der Waals surface area contributed by atoms with E-state index in [2.05, 4.69) is 154 Å². The smallest absolute Gasteiger partial charge is 0.238 e. The van der Waals surface area contributed by atoms with Crippen molar-refractivity contribution in [3.63, 3.8) is 0 Å². The monoisotopic (exact) mass is 704 g/mol. The molecule has 0 unspecified atom stereocenters. The van der Waals surface area contributed by atoms with Gasteiger partial charge in [-0.25, -0.2) is 4.98 Å². The number of para-hydroxylation sites is 3. The van der Waals surface area contributed by atoms with E-state index in [0.717, 1.165) is 82.4 Å². The molecule has 0 aliphatic rings. The molecule has 12 aromatic rings. The molecule has 0 bridgehead atoms. The third kappa shape index (κ3) is 4.44. The van der Waals surface area contributed by atoms with Crippen molar-refractivity contribution in [1.82, 2.24) is 29.1 Å². The second-order valence-electron chi connectivity index (χ2n) is 13.9. The molecule has 0 aliphatic carbocycles. The van der Waals surface area contributed by atoms with Gasteiger partial charge in [0.1, 0.15) is 11.2 Å². The van der Waals surface area contributed by atoms with Gasteiger partial charge in [0, 0.05) is 61.5 Å². The van der Waals surface area contributed by atoms with Crippen molar-refractivity contribution in [2.45, 2.75) is 0 Å². The Morgan fingerprint density at radius 2 is 1.11 bits per heavy atom. The van der Waals surface area contributed by atoms with E-state index in [1.54, 1.807) is 6.20 Å². The largest absolute Gasteiger partial charge is 0.456 e. The fourth-order valence-corrected chi connectivity index (χ4v) is 8.41. The Kier molecular flexibility index (Phi) is 6.21. The molecule has 7 nitrogen and oxygen atoms in total. The molecule has 0 spiro atoms. The normalized spacial score (nSPS) is 12.0. The third-order valence-electron chi connectivity index (χ3n) is 10.9. The van der Waals surface area contributed by atoms with E-state index in [1.165, 1.54) is 10.8 Å². The van der Waals surface area contributed by atoms with Gasteiger partial charge in [-0.15, -0.1) is 0 Å². The number of fused-ring (bicyclic) bond motifs is 10. The molecule has 0 aliphatic heterocycles. The lowest BCUT2D eigenvalue weighted by molar-refractivity contribution is 0.668. The lowest BCUT2D eigenvalue weighted by Crippen LogP contribution is -2.07. The van der Waals surface area contributed by atoms with Gasteiger partial charge in [-0.3, -0.25) is 9.55 Å². The second-order valence-corrected chi connectivity index (χ2v) is 13.9. The van der Waals surface area contributed by atoms with E-state index in [1.807, 2.05) is 24.4 Å². The number of nitrogens with zero attached hydrogens (tertiary/aromatic N) is 6. The first-order valence-corrected chi connectivity index (χ1v) is 18.3. The molecule has 0 N–H and O–H groups in total. The maximum absolute atomic E-state index is 6.29. The van der Waals surface area contributed by atoms with Crippen LogP contribution in [-0.2, 0) is 0 Å². The van der Waals surface area contributed by atoms with Crippen LogP contribution < -0.4 is 0 Å². The molecule has 0 radical (unpaired) electrons. The van der Waals surface area contributed by atoms with E-state index in [-0.39, 0.29) is 0 Å². The predicted octanol–water partition coefficient (Wildman–Crippen LogP) is 11.8. The van der Waals surface area contributed by atoms with E-state index >= 15 is 0 Å². The Morgan fingerprint density at radius 1 is 0.436 bits per heavy atom. The molecule has 0 saturated carbocycles. The lowest BCUT2D eigenvalue weighted by atomic mass is 10.1. The first kappa shape index (κ1) is 29.9. The van der Waals surface area contributed by atoms with Gasteiger partial charge in [-0.05, 0) is 59.3 Å². The summed E-state index contributed by atoms with van der Waals surface area (Å²) < 4.78 is 10.8. The highest BCUT2D eigenvalue weighted by Crippen LogP contribution is 2.39. The summed E-state index contributed by atoms with van der Waals surface area (Å²) in [6, 6.07) is 55.0. The van der Waals surface area contributed by atoms with Crippen molar-refractivity contribution in [1.29, 1.82) is 0 Å². The van der Waals surface area contributed by atoms with Gasteiger partial charge in [-0.2, -0.15) is 9.97 Å². The van der Waals surface area contributed by atoms with Gasteiger partial charge >= 0.3 is 0 Å². The number of hydrogen-bond donors (Lipinski definition) is 0. The van der Waals surface area contributed by atoms with Crippen molar-refractivity contribution >= 4 is 76.3 Å². The quantitative estimate of drug-likeness (QED) is 0.182. The summed E-state index contributed by atoms with van der Waals surface area (Å²) in [4.78, 5) is 20.3. The van der Waals surface area contributed by atoms with Crippen LogP contribution in [-0.4, -0.2) is 29.1 Å². The Labute approximate surface area is 313 Å². The van der Waals surface area contributed by atoms with Gasteiger partial charge < -0.3 is 8.98 Å².